The van der Waals surface area contributed by atoms with Gasteiger partial charge in [0.2, 0.25) is 5.91 Å². The third-order valence-corrected chi connectivity index (χ3v) is 3.92. The summed E-state index contributed by atoms with van der Waals surface area (Å²) in [5, 5.41) is 3.31. The zero-order valence-corrected chi connectivity index (χ0v) is 13.2. The molecule has 0 atom stereocenters. The summed E-state index contributed by atoms with van der Waals surface area (Å²) in [6.07, 6.45) is 0.281. The maximum absolute atomic E-state index is 12.1. The van der Waals surface area contributed by atoms with Gasteiger partial charge in [0, 0.05) is 13.0 Å². The molecule has 0 bridgehead atoms. The van der Waals surface area contributed by atoms with Crippen LogP contribution in [0.3, 0.4) is 0 Å². The van der Waals surface area contributed by atoms with Gasteiger partial charge in [-0.15, -0.1) is 0 Å². The maximum Gasteiger partial charge on any atom is 0.269 e. The van der Waals surface area contributed by atoms with Crippen molar-refractivity contribution in [2.75, 3.05) is 5.32 Å². The van der Waals surface area contributed by atoms with Crippen LogP contribution in [-0.4, -0.2) is 10.5 Å². The normalized spacial score (nSPS) is 10.8. The molecule has 0 radical (unpaired) electrons. The van der Waals surface area contributed by atoms with Crippen molar-refractivity contribution < 1.29 is 9.21 Å². The highest BCUT2D eigenvalue weighted by Crippen LogP contribution is 2.21. The third-order valence-electron chi connectivity index (χ3n) is 3.28. The van der Waals surface area contributed by atoms with Crippen LogP contribution < -0.4 is 5.32 Å². The molecule has 0 unspecified atom stereocenters. The number of oxazole rings is 1. The second-order valence-electron chi connectivity index (χ2n) is 4.77. The maximum atomic E-state index is 12.1. The first kappa shape index (κ1) is 14.8. The predicted molar refractivity (Wildman–Crippen MR) is 89.7 cm³/mol. The highest BCUT2D eigenvalue weighted by atomic mass is 35.5. The van der Waals surface area contributed by atoms with Crippen LogP contribution in [-0.2, 0) is 11.3 Å². The Balaban J connectivity index is 1.72. The zero-order chi connectivity index (χ0) is 15.5. The monoisotopic (exact) mass is 332 g/mol. The van der Waals surface area contributed by atoms with Crippen molar-refractivity contribution in [1.29, 1.82) is 0 Å². The fraction of sp³-hybridized carbons (Fsp3) is 0.125. The number of halogens is 1. The standard InChI is InChI=1S/C16H13ClN2O2S/c17-11-5-1-2-6-12(11)18-15(20)9-10-19-13-7-3-4-8-14(13)21-16(19)22/h1-8H,9-10H2,(H,18,20). The molecular weight excluding hydrogens is 320 g/mol. The van der Waals surface area contributed by atoms with Crippen LogP contribution in [0.4, 0.5) is 5.69 Å². The topological polar surface area (TPSA) is 47.2 Å². The summed E-state index contributed by atoms with van der Waals surface area (Å²) in [6.45, 7) is 0.451. The van der Waals surface area contributed by atoms with E-state index in [1.807, 2.05) is 41.0 Å². The van der Waals surface area contributed by atoms with E-state index in [-0.39, 0.29) is 12.3 Å². The molecule has 0 saturated heterocycles. The Morgan fingerprint density at radius 2 is 1.91 bits per heavy atom. The van der Waals surface area contributed by atoms with Crippen molar-refractivity contribution >= 4 is 46.5 Å². The van der Waals surface area contributed by atoms with Gasteiger partial charge in [-0.1, -0.05) is 35.9 Å². The molecule has 1 amide bonds. The minimum absolute atomic E-state index is 0.125. The summed E-state index contributed by atoms with van der Waals surface area (Å²) in [5.74, 6) is -0.125. The second kappa shape index (κ2) is 6.34. The first-order chi connectivity index (χ1) is 10.6. The number of aryl methyl sites for hydroxylation is 1. The van der Waals surface area contributed by atoms with Crippen molar-refractivity contribution in [2.24, 2.45) is 0 Å². The number of nitrogens with one attached hydrogen (secondary N) is 1. The largest absolute Gasteiger partial charge is 0.429 e. The quantitative estimate of drug-likeness (QED) is 0.708. The molecule has 0 aliphatic carbocycles. The van der Waals surface area contributed by atoms with Gasteiger partial charge in [-0.05, 0) is 36.5 Å². The van der Waals surface area contributed by atoms with Crippen LogP contribution >= 0.6 is 23.8 Å². The molecule has 0 fully saturated rings. The smallest absolute Gasteiger partial charge is 0.269 e. The molecule has 0 spiro atoms. The molecule has 0 aliphatic heterocycles. The van der Waals surface area contributed by atoms with Crippen LogP contribution in [0.15, 0.2) is 52.9 Å². The van der Waals surface area contributed by atoms with Gasteiger partial charge in [-0.2, -0.15) is 0 Å². The highest BCUT2D eigenvalue weighted by Gasteiger charge is 2.09. The Kier molecular flexibility index (Phi) is 4.27. The van der Waals surface area contributed by atoms with Gasteiger partial charge in [0.15, 0.2) is 5.58 Å². The number of hydrogen-bond acceptors (Lipinski definition) is 3. The molecule has 1 aromatic heterocycles. The van der Waals surface area contributed by atoms with Gasteiger partial charge in [0.25, 0.3) is 4.84 Å². The Hall–Kier alpha value is -2.11. The number of nitrogens with zero attached hydrogens (tertiary/aromatic N) is 1. The van der Waals surface area contributed by atoms with Gasteiger partial charge >= 0.3 is 0 Å². The number of anilines is 1. The summed E-state index contributed by atoms with van der Waals surface area (Å²) >= 11 is 11.2. The number of rotatable bonds is 4. The summed E-state index contributed by atoms with van der Waals surface area (Å²) in [5.41, 5.74) is 2.21. The molecule has 2 aromatic carbocycles. The number of benzene rings is 2. The third kappa shape index (κ3) is 3.05. The summed E-state index contributed by atoms with van der Waals surface area (Å²) < 4.78 is 7.31. The van der Waals surface area contributed by atoms with E-state index in [9.17, 15) is 4.79 Å². The number of aromatic nitrogens is 1. The van der Waals surface area contributed by atoms with Crippen molar-refractivity contribution in [2.45, 2.75) is 13.0 Å². The van der Waals surface area contributed by atoms with Gasteiger partial charge in [-0.25, -0.2) is 0 Å². The van der Waals surface area contributed by atoms with Gasteiger partial charge < -0.3 is 9.73 Å². The molecule has 1 heterocycles. The van der Waals surface area contributed by atoms with E-state index < -0.39 is 0 Å². The van der Waals surface area contributed by atoms with Crippen LogP contribution in [0.2, 0.25) is 5.02 Å². The van der Waals surface area contributed by atoms with Crippen molar-refractivity contribution in [3.8, 4) is 0 Å². The summed E-state index contributed by atoms with van der Waals surface area (Å²) in [6, 6.07) is 14.7. The Bertz CT molecular complexity index is 885. The molecule has 0 saturated carbocycles. The van der Waals surface area contributed by atoms with Gasteiger partial charge in [0.1, 0.15) is 0 Å². The van der Waals surface area contributed by atoms with E-state index >= 15 is 0 Å². The summed E-state index contributed by atoms with van der Waals surface area (Å²) in [7, 11) is 0. The molecule has 112 valence electrons. The molecule has 1 N–H and O–H groups in total. The van der Waals surface area contributed by atoms with Crippen molar-refractivity contribution in [1.82, 2.24) is 4.57 Å². The minimum Gasteiger partial charge on any atom is -0.429 e. The van der Waals surface area contributed by atoms with E-state index in [4.69, 9.17) is 28.2 Å². The number of hydrogen-bond donors (Lipinski definition) is 1. The highest BCUT2D eigenvalue weighted by molar-refractivity contribution is 7.71. The molecule has 6 heteroatoms. The van der Waals surface area contributed by atoms with E-state index in [0.29, 0.717) is 22.1 Å². The Labute approximate surface area is 137 Å². The SMILES string of the molecule is O=C(CCn1c(=S)oc2ccccc21)Nc1ccccc1Cl. The zero-order valence-electron chi connectivity index (χ0n) is 11.6. The lowest BCUT2D eigenvalue weighted by Gasteiger charge is -2.07. The fourth-order valence-corrected chi connectivity index (χ4v) is 2.68. The fourth-order valence-electron chi connectivity index (χ4n) is 2.21. The second-order valence-corrected chi connectivity index (χ2v) is 5.52. The van der Waals surface area contributed by atoms with Crippen LogP contribution in [0.1, 0.15) is 6.42 Å². The van der Waals surface area contributed by atoms with E-state index in [2.05, 4.69) is 5.32 Å². The first-order valence-corrected chi connectivity index (χ1v) is 7.56. The average molecular weight is 333 g/mol. The number of fused-ring (bicyclic) bond motifs is 1. The lowest BCUT2D eigenvalue weighted by atomic mass is 10.3. The van der Waals surface area contributed by atoms with Crippen LogP contribution in [0, 0.1) is 4.84 Å². The van der Waals surface area contributed by atoms with Crippen molar-refractivity contribution in [3.63, 3.8) is 0 Å². The first-order valence-electron chi connectivity index (χ1n) is 6.78. The van der Waals surface area contributed by atoms with Gasteiger partial charge in [0.05, 0.1) is 16.2 Å². The molecule has 3 rings (SSSR count). The molecule has 3 aromatic rings. The molecular formula is C16H13ClN2O2S. The molecule has 0 aliphatic rings. The molecule has 22 heavy (non-hydrogen) atoms. The van der Waals surface area contributed by atoms with E-state index in [0.717, 1.165) is 11.1 Å². The lowest BCUT2D eigenvalue weighted by Crippen LogP contribution is -2.14. The van der Waals surface area contributed by atoms with Crippen LogP contribution in [0.5, 0.6) is 0 Å². The number of carbonyl (C=O) groups excluding carboxylic acids is 1. The minimum atomic E-state index is -0.125. The molecule has 4 nitrogen and oxygen atoms in total. The number of carbonyl (C=O) groups is 1. The van der Waals surface area contributed by atoms with E-state index in [1.165, 1.54) is 0 Å². The number of para-hydroxylation sites is 3. The Morgan fingerprint density at radius 3 is 2.73 bits per heavy atom. The van der Waals surface area contributed by atoms with Gasteiger partial charge in [-0.3, -0.25) is 9.36 Å². The van der Waals surface area contributed by atoms with Crippen LogP contribution in [0.25, 0.3) is 11.1 Å². The van der Waals surface area contributed by atoms with Crippen molar-refractivity contribution in [3.05, 3.63) is 58.4 Å². The average Bonchev–Trinajstić information content (AvgIpc) is 2.83. The number of amides is 1. The Morgan fingerprint density at radius 1 is 1.18 bits per heavy atom. The predicted octanol–water partition coefficient (Wildman–Crippen LogP) is 4.65. The van der Waals surface area contributed by atoms with E-state index in [1.54, 1.807) is 12.1 Å². The summed E-state index contributed by atoms with van der Waals surface area (Å²) in [4.78, 5) is 12.4. The lowest BCUT2D eigenvalue weighted by molar-refractivity contribution is -0.116.